The lowest BCUT2D eigenvalue weighted by molar-refractivity contribution is -0.120. The summed E-state index contributed by atoms with van der Waals surface area (Å²) in [6, 6.07) is 9.79. The molecule has 0 aliphatic rings. The molecule has 0 fully saturated rings. The van der Waals surface area contributed by atoms with Crippen LogP contribution in [0.3, 0.4) is 0 Å². The van der Waals surface area contributed by atoms with Gasteiger partial charge in [0.05, 0.1) is 24.1 Å². The lowest BCUT2D eigenvalue weighted by atomic mass is 10.1. The molecule has 2 heterocycles. The average molecular weight is 356 g/mol. The molecule has 0 saturated carbocycles. The molecule has 0 unspecified atom stereocenters. The Labute approximate surface area is 150 Å². The molecule has 25 heavy (non-hydrogen) atoms. The minimum absolute atomic E-state index is 0.0892. The normalized spacial score (nSPS) is 10.7. The van der Waals surface area contributed by atoms with Crippen LogP contribution in [0.25, 0.3) is 10.8 Å². The number of carbonyl (C=O) groups excluding carboxylic acids is 1. The van der Waals surface area contributed by atoms with Crippen LogP contribution in [0.5, 0.6) is 5.75 Å². The molecule has 0 aliphatic carbocycles. The van der Waals surface area contributed by atoms with E-state index in [2.05, 4.69) is 10.3 Å². The van der Waals surface area contributed by atoms with Crippen molar-refractivity contribution in [3.8, 4) is 16.5 Å². The summed E-state index contributed by atoms with van der Waals surface area (Å²) in [5, 5.41) is 4.89. The first kappa shape index (κ1) is 17.2. The second-order valence-corrected chi connectivity index (χ2v) is 6.70. The van der Waals surface area contributed by atoms with Crippen LogP contribution < -0.4 is 10.1 Å². The number of methoxy groups -OCH3 is 1. The van der Waals surface area contributed by atoms with E-state index in [-0.39, 0.29) is 12.3 Å². The summed E-state index contributed by atoms with van der Waals surface area (Å²) in [4.78, 5) is 17.6. The molecule has 0 spiro atoms. The summed E-state index contributed by atoms with van der Waals surface area (Å²) in [6.07, 6.45) is 0.198. The van der Waals surface area contributed by atoms with Gasteiger partial charge >= 0.3 is 0 Å². The SMILES string of the molecule is COc1cc(CNC(=O)Cc2nc(-c3cccs3)oc2C)ccc1C. The molecule has 130 valence electrons. The van der Waals surface area contributed by atoms with Crippen LogP contribution in [0.1, 0.15) is 22.6 Å². The highest BCUT2D eigenvalue weighted by Gasteiger charge is 2.15. The van der Waals surface area contributed by atoms with Gasteiger partial charge in [0.25, 0.3) is 0 Å². The third-order valence-corrected chi connectivity index (χ3v) is 4.77. The van der Waals surface area contributed by atoms with Crippen molar-refractivity contribution in [3.05, 3.63) is 58.3 Å². The predicted octanol–water partition coefficient (Wildman–Crippen LogP) is 3.89. The summed E-state index contributed by atoms with van der Waals surface area (Å²) < 4.78 is 11.0. The molecule has 1 aromatic carbocycles. The van der Waals surface area contributed by atoms with E-state index in [0.717, 1.165) is 21.8 Å². The molecule has 6 heteroatoms. The van der Waals surface area contributed by atoms with E-state index < -0.39 is 0 Å². The Bertz CT molecular complexity index is 869. The van der Waals surface area contributed by atoms with Gasteiger partial charge in [-0.1, -0.05) is 18.2 Å². The summed E-state index contributed by atoms with van der Waals surface area (Å²) >= 11 is 1.56. The first-order valence-electron chi connectivity index (χ1n) is 7.97. The Hall–Kier alpha value is -2.60. The Morgan fingerprint density at radius 1 is 1.32 bits per heavy atom. The molecule has 3 rings (SSSR count). The number of aromatic nitrogens is 1. The largest absolute Gasteiger partial charge is 0.496 e. The number of hydrogen-bond acceptors (Lipinski definition) is 5. The van der Waals surface area contributed by atoms with E-state index in [1.54, 1.807) is 18.4 Å². The second kappa shape index (κ2) is 7.53. The van der Waals surface area contributed by atoms with Gasteiger partial charge in [0.15, 0.2) is 0 Å². The second-order valence-electron chi connectivity index (χ2n) is 5.76. The topological polar surface area (TPSA) is 64.4 Å². The van der Waals surface area contributed by atoms with Crippen molar-refractivity contribution < 1.29 is 13.9 Å². The summed E-state index contributed by atoms with van der Waals surface area (Å²) in [5.41, 5.74) is 2.73. The molecule has 0 radical (unpaired) electrons. The van der Waals surface area contributed by atoms with Crippen LogP contribution in [-0.2, 0) is 17.8 Å². The fourth-order valence-electron chi connectivity index (χ4n) is 2.49. The van der Waals surface area contributed by atoms with Crippen molar-refractivity contribution in [1.82, 2.24) is 10.3 Å². The quantitative estimate of drug-likeness (QED) is 0.728. The molecular formula is C19H20N2O3S. The lowest BCUT2D eigenvalue weighted by Gasteiger charge is -2.08. The Kier molecular flexibility index (Phi) is 5.19. The van der Waals surface area contributed by atoms with Gasteiger partial charge in [-0.05, 0) is 42.5 Å². The maximum Gasteiger partial charge on any atom is 0.236 e. The zero-order valence-corrected chi connectivity index (χ0v) is 15.3. The van der Waals surface area contributed by atoms with E-state index in [0.29, 0.717) is 23.9 Å². The van der Waals surface area contributed by atoms with Crippen molar-refractivity contribution in [2.24, 2.45) is 0 Å². The first-order chi connectivity index (χ1) is 12.1. The fourth-order valence-corrected chi connectivity index (χ4v) is 3.14. The van der Waals surface area contributed by atoms with Crippen LogP contribution in [0.15, 0.2) is 40.1 Å². The maximum atomic E-state index is 12.2. The van der Waals surface area contributed by atoms with Gasteiger partial charge in [-0.25, -0.2) is 4.98 Å². The van der Waals surface area contributed by atoms with Gasteiger partial charge < -0.3 is 14.5 Å². The Morgan fingerprint density at radius 2 is 2.16 bits per heavy atom. The number of ether oxygens (including phenoxy) is 1. The number of nitrogens with one attached hydrogen (secondary N) is 1. The number of carbonyl (C=O) groups is 1. The third-order valence-electron chi connectivity index (χ3n) is 3.91. The number of amides is 1. The van der Waals surface area contributed by atoms with Gasteiger partial charge in [-0.3, -0.25) is 4.79 Å². The monoisotopic (exact) mass is 356 g/mol. The van der Waals surface area contributed by atoms with Crippen LogP contribution in [0.4, 0.5) is 0 Å². The predicted molar refractivity (Wildman–Crippen MR) is 97.8 cm³/mol. The van der Waals surface area contributed by atoms with E-state index in [1.165, 1.54) is 0 Å². The highest BCUT2D eigenvalue weighted by atomic mass is 32.1. The molecule has 0 bridgehead atoms. The number of benzene rings is 1. The molecule has 0 saturated heterocycles. The summed E-state index contributed by atoms with van der Waals surface area (Å²) in [5.74, 6) is 1.97. The van der Waals surface area contributed by atoms with Crippen molar-refractivity contribution >= 4 is 17.2 Å². The highest BCUT2D eigenvalue weighted by Crippen LogP contribution is 2.26. The van der Waals surface area contributed by atoms with Crippen molar-refractivity contribution in [1.29, 1.82) is 0 Å². The van der Waals surface area contributed by atoms with Crippen LogP contribution in [-0.4, -0.2) is 18.0 Å². The van der Waals surface area contributed by atoms with Gasteiger partial charge in [0.2, 0.25) is 11.8 Å². The molecule has 1 N–H and O–H groups in total. The maximum absolute atomic E-state index is 12.2. The van der Waals surface area contributed by atoms with E-state index >= 15 is 0 Å². The molecule has 0 atom stereocenters. The average Bonchev–Trinajstić information content (AvgIpc) is 3.24. The lowest BCUT2D eigenvalue weighted by Crippen LogP contribution is -2.25. The molecule has 1 amide bonds. The van der Waals surface area contributed by atoms with Gasteiger partial charge in [0.1, 0.15) is 11.5 Å². The highest BCUT2D eigenvalue weighted by molar-refractivity contribution is 7.13. The third kappa shape index (κ3) is 4.09. The minimum Gasteiger partial charge on any atom is -0.496 e. The molecule has 3 aromatic rings. The van der Waals surface area contributed by atoms with Crippen molar-refractivity contribution in [2.45, 2.75) is 26.8 Å². The number of oxazole rings is 1. The summed E-state index contributed by atoms with van der Waals surface area (Å²) in [7, 11) is 1.64. The molecular weight excluding hydrogens is 336 g/mol. The van der Waals surface area contributed by atoms with E-state index in [1.807, 2.05) is 49.6 Å². The molecule has 0 aliphatic heterocycles. The first-order valence-corrected chi connectivity index (χ1v) is 8.85. The van der Waals surface area contributed by atoms with E-state index in [9.17, 15) is 4.79 Å². The standard InChI is InChI=1S/C19H20N2O3S/c1-12-6-7-14(9-16(12)23-3)11-20-18(22)10-15-13(2)24-19(21-15)17-5-4-8-25-17/h4-9H,10-11H2,1-3H3,(H,20,22). The van der Waals surface area contributed by atoms with E-state index in [4.69, 9.17) is 9.15 Å². The molecule has 5 nitrogen and oxygen atoms in total. The Balaban J connectivity index is 1.61. The fraction of sp³-hybridized carbons (Fsp3) is 0.263. The van der Waals surface area contributed by atoms with Gasteiger partial charge in [0, 0.05) is 6.54 Å². The zero-order valence-electron chi connectivity index (χ0n) is 14.5. The number of hydrogen-bond donors (Lipinski definition) is 1. The van der Waals surface area contributed by atoms with Gasteiger partial charge in [-0.15, -0.1) is 11.3 Å². The smallest absolute Gasteiger partial charge is 0.236 e. The number of aryl methyl sites for hydroxylation is 2. The minimum atomic E-state index is -0.0892. The van der Waals surface area contributed by atoms with Gasteiger partial charge in [-0.2, -0.15) is 0 Å². The van der Waals surface area contributed by atoms with Crippen LogP contribution in [0.2, 0.25) is 0 Å². The Morgan fingerprint density at radius 3 is 2.88 bits per heavy atom. The van der Waals surface area contributed by atoms with Crippen LogP contribution in [0, 0.1) is 13.8 Å². The molecule has 2 aromatic heterocycles. The number of thiophene rings is 1. The van der Waals surface area contributed by atoms with Crippen molar-refractivity contribution in [2.75, 3.05) is 7.11 Å². The summed E-state index contributed by atoms with van der Waals surface area (Å²) in [6.45, 7) is 4.27. The number of nitrogens with zero attached hydrogens (tertiary/aromatic N) is 1. The van der Waals surface area contributed by atoms with Crippen molar-refractivity contribution in [3.63, 3.8) is 0 Å². The zero-order chi connectivity index (χ0) is 17.8. The number of rotatable bonds is 6. The van der Waals surface area contributed by atoms with Crippen LogP contribution >= 0.6 is 11.3 Å².